The lowest BCUT2D eigenvalue weighted by atomic mass is 10.0. The molecule has 1 aliphatic rings. The Kier molecular flexibility index (Phi) is 5.12. The van der Waals surface area contributed by atoms with E-state index >= 15 is 0 Å². The van der Waals surface area contributed by atoms with Crippen LogP contribution in [0.5, 0.6) is 11.6 Å². The van der Waals surface area contributed by atoms with Crippen LogP contribution in [0, 0.1) is 0 Å². The smallest absolute Gasteiger partial charge is 0.322 e. The highest BCUT2D eigenvalue weighted by Gasteiger charge is 2.33. The fraction of sp³-hybridized carbons (Fsp3) is 0.143. The molecule has 0 radical (unpaired) electrons. The summed E-state index contributed by atoms with van der Waals surface area (Å²) >= 11 is 5.87. The Labute approximate surface area is 166 Å². The van der Waals surface area contributed by atoms with E-state index in [-0.39, 0.29) is 12.1 Å². The number of anilines is 1. The molecule has 2 aromatic carbocycles. The van der Waals surface area contributed by atoms with Crippen LogP contribution in [-0.2, 0) is 6.67 Å². The van der Waals surface area contributed by atoms with Gasteiger partial charge in [0.15, 0.2) is 0 Å². The van der Waals surface area contributed by atoms with Crippen molar-refractivity contribution in [2.45, 2.75) is 12.7 Å². The number of ether oxygens (including phenoxy) is 1. The molecular formula is C21H17ClFN3O2. The second kappa shape index (κ2) is 7.86. The molecule has 1 fully saturated rings. The largest absolute Gasteiger partial charge is 0.439 e. The molecule has 2 amide bonds. The first-order valence-electron chi connectivity index (χ1n) is 8.75. The molecule has 5 nitrogen and oxygen atoms in total. The zero-order valence-corrected chi connectivity index (χ0v) is 15.6. The lowest BCUT2D eigenvalue weighted by Crippen LogP contribution is -2.29. The Hall–Kier alpha value is -3.12. The second-order valence-electron chi connectivity index (χ2n) is 6.36. The predicted molar refractivity (Wildman–Crippen MR) is 106 cm³/mol. The standard InChI is InChI=1S/C21H17ClFN3O2/c22-16-4-7-18(8-5-16)28-20-9-6-17(12-24-20)26-19(13-25-21(26)27)15-3-1-2-14(10-15)11-23/h1-10,12,19H,11,13H2,(H,25,27)/t19-/m1/s1. The van der Waals surface area contributed by atoms with Crippen molar-refractivity contribution in [2.75, 3.05) is 11.4 Å². The van der Waals surface area contributed by atoms with Crippen molar-refractivity contribution in [1.82, 2.24) is 10.3 Å². The predicted octanol–water partition coefficient (Wildman–Crippen LogP) is 5.27. The average Bonchev–Trinajstić information content (AvgIpc) is 3.12. The van der Waals surface area contributed by atoms with Gasteiger partial charge < -0.3 is 10.1 Å². The Bertz CT molecular complexity index is 980. The molecule has 0 spiro atoms. The lowest BCUT2D eigenvalue weighted by molar-refractivity contribution is 0.251. The van der Waals surface area contributed by atoms with Crippen LogP contribution < -0.4 is 15.0 Å². The first-order chi connectivity index (χ1) is 13.6. The van der Waals surface area contributed by atoms with E-state index in [2.05, 4.69) is 10.3 Å². The van der Waals surface area contributed by atoms with Gasteiger partial charge in [-0.25, -0.2) is 14.2 Å². The van der Waals surface area contributed by atoms with E-state index in [1.807, 2.05) is 6.07 Å². The summed E-state index contributed by atoms with van der Waals surface area (Å²) in [6, 6.07) is 17.2. The SMILES string of the molecule is O=C1NC[C@H](c2cccc(CF)c2)N1c1ccc(Oc2ccc(Cl)cc2)nc1. The molecular weight excluding hydrogens is 381 g/mol. The van der Waals surface area contributed by atoms with Crippen molar-refractivity contribution in [3.05, 3.63) is 83.0 Å². The molecule has 1 aliphatic heterocycles. The summed E-state index contributed by atoms with van der Waals surface area (Å²) in [4.78, 5) is 18.3. The maximum Gasteiger partial charge on any atom is 0.322 e. The van der Waals surface area contributed by atoms with E-state index in [1.165, 1.54) is 0 Å². The van der Waals surface area contributed by atoms with E-state index < -0.39 is 6.67 Å². The number of rotatable bonds is 5. The molecule has 3 aromatic rings. The number of nitrogens with zero attached hydrogens (tertiary/aromatic N) is 2. The van der Waals surface area contributed by atoms with E-state index in [4.69, 9.17) is 16.3 Å². The fourth-order valence-corrected chi connectivity index (χ4v) is 3.27. The van der Waals surface area contributed by atoms with E-state index in [9.17, 15) is 9.18 Å². The number of pyridine rings is 1. The fourth-order valence-electron chi connectivity index (χ4n) is 3.15. The number of aromatic nitrogens is 1. The third-order valence-corrected chi connectivity index (χ3v) is 4.75. The number of benzene rings is 2. The van der Waals surface area contributed by atoms with Gasteiger partial charge in [0.2, 0.25) is 5.88 Å². The Morgan fingerprint density at radius 2 is 2.00 bits per heavy atom. The van der Waals surface area contributed by atoms with Gasteiger partial charge in [-0.3, -0.25) is 4.90 Å². The minimum absolute atomic E-state index is 0.219. The maximum atomic E-state index is 13.0. The quantitative estimate of drug-likeness (QED) is 0.638. The highest BCUT2D eigenvalue weighted by molar-refractivity contribution is 6.30. The molecule has 2 heterocycles. The van der Waals surface area contributed by atoms with Crippen molar-refractivity contribution in [3.8, 4) is 11.6 Å². The molecule has 4 rings (SSSR count). The normalized spacial score (nSPS) is 16.1. The van der Waals surface area contributed by atoms with Gasteiger partial charge in [0, 0.05) is 17.6 Å². The number of hydrogen-bond acceptors (Lipinski definition) is 3. The summed E-state index contributed by atoms with van der Waals surface area (Å²) in [5, 5.41) is 3.46. The molecule has 1 saturated heterocycles. The average molecular weight is 398 g/mol. The molecule has 0 bridgehead atoms. The van der Waals surface area contributed by atoms with Gasteiger partial charge in [0.1, 0.15) is 12.4 Å². The van der Waals surface area contributed by atoms with Crippen molar-refractivity contribution < 1.29 is 13.9 Å². The topological polar surface area (TPSA) is 54.5 Å². The van der Waals surface area contributed by atoms with Crippen molar-refractivity contribution >= 4 is 23.3 Å². The molecule has 7 heteroatoms. The zero-order chi connectivity index (χ0) is 19.5. The highest BCUT2D eigenvalue weighted by atomic mass is 35.5. The summed E-state index contributed by atoms with van der Waals surface area (Å²) in [5.74, 6) is 1.02. The second-order valence-corrected chi connectivity index (χ2v) is 6.80. The van der Waals surface area contributed by atoms with Crippen LogP contribution in [-0.4, -0.2) is 17.6 Å². The third kappa shape index (κ3) is 3.77. The zero-order valence-electron chi connectivity index (χ0n) is 14.8. The van der Waals surface area contributed by atoms with Crippen LogP contribution >= 0.6 is 11.6 Å². The van der Waals surface area contributed by atoms with E-state index in [0.29, 0.717) is 34.4 Å². The first kappa shape index (κ1) is 18.3. The van der Waals surface area contributed by atoms with Crippen LogP contribution in [0.4, 0.5) is 14.9 Å². The van der Waals surface area contributed by atoms with Crippen LogP contribution in [0.2, 0.25) is 5.02 Å². The van der Waals surface area contributed by atoms with Gasteiger partial charge >= 0.3 is 6.03 Å². The number of amides is 2. The molecule has 1 N–H and O–H groups in total. The number of alkyl halides is 1. The minimum Gasteiger partial charge on any atom is -0.439 e. The van der Waals surface area contributed by atoms with Crippen LogP contribution in [0.1, 0.15) is 17.2 Å². The summed E-state index contributed by atoms with van der Waals surface area (Å²) in [7, 11) is 0. The molecule has 142 valence electrons. The van der Waals surface area contributed by atoms with Crippen LogP contribution in [0.25, 0.3) is 0 Å². The third-order valence-electron chi connectivity index (χ3n) is 4.50. The van der Waals surface area contributed by atoms with Crippen LogP contribution in [0.15, 0.2) is 66.9 Å². The minimum atomic E-state index is -0.541. The highest BCUT2D eigenvalue weighted by Crippen LogP contribution is 2.32. The Balaban J connectivity index is 1.56. The maximum absolute atomic E-state index is 13.0. The molecule has 28 heavy (non-hydrogen) atoms. The number of carbonyl (C=O) groups is 1. The number of halogens is 2. The van der Waals surface area contributed by atoms with E-state index in [1.54, 1.807) is 65.7 Å². The van der Waals surface area contributed by atoms with E-state index in [0.717, 1.165) is 5.56 Å². The molecule has 0 unspecified atom stereocenters. The van der Waals surface area contributed by atoms with Crippen LogP contribution in [0.3, 0.4) is 0 Å². The summed E-state index contributed by atoms with van der Waals surface area (Å²) < 4.78 is 18.7. The monoisotopic (exact) mass is 397 g/mol. The summed E-state index contributed by atoms with van der Waals surface area (Å²) in [6.45, 7) is -0.0994. The lowest BCUT2D eigenvalue weighted by Gasteiger charge is -2.23. The van der Waals surface area contributed by atoms with Crippen molar-refractivity contribution in [3.63, 3.8) is 0 Å². The van der Waals surface area contributed by atoms with Gasteiger partial charge in [-0.2, -0.15) is 0 Å². The number of urea groups is 1. The first-order valence-corrected chi connectivity index (χ1v) is 9.13. The molecule has 1 atom stereocenters. The summed E-state index contributed by atoms with van der Waals surface area (Å²) in [6.07, 6.45) is 1.59. The van der Waals surface area contributed by atoms with Crippen molar-refractivity contribution in [2.24, 2.45) is 0 Å². The molecule has 0 aliphatic carbocycles. The van der Waals surface area contributed by atoms with Gasteiger partial charge in [-0.1, -0.05) is 35.9 Å². The molecule has 1 aromatic heterocycles. The van der Waals surface area contributed by atoms with Gasteiger partial charge in [0.05, 0.1) is 17.9 Å². The Morgan fingerprint density at radius 3 is 2.71 bits per heavy atom. The van der Waals surface area contributed by atoms with Gasteiger partial charge in [-0.05, 0) is 41.5 Å². The van der Waals surface area contributed by atoms with Gasteiger partial charge in [0.25, 0.3) is 0 Å². The van der Waals surface area contributed by atoms with Gasteiger partial charge in [-0.15, -0.1) is 0 Å². The van der Waals surface area contributed by atoms with Crippen molar-refractivity contribution in [1.29, 1.82) is 0 Å². The number of carbonyl (C=O) groups excluding carboxylic acids is 1. The number of hydrogen-bond donors (Lipinski definition) is 1. The summed E-state index contributed by atoms with van der Waals surface area (Å²) in [5.41, 5.74) is 2.09. The Morgan fingerprint density at radius 1 is 1.18 bits per heavy atom. The number of nitrogens with one attached hydrogen (secondary N) is 1. The molecule has 0 saturated carbocycles.